The van der Waals surface area contributed by atoms with Crippen LogP contribution in [0.15, 0.2) is 43.0 Å². The number of aromatic nitrogens is 6. The van der Waals surface area contributed by atoms with Crippen LogP contribution in [-0.2, 0) is 0 Å². The number of nitrogens with one attached hydrogen (secondary N) is 3. The molecule has 3 heterocycles. The molecule has 0 aliphatic heterocycles. The summed E-state index contributed by atoms with van der Waals surface area (Å²) < 4.78 is 0. The number of rotatable bonds is 4. The zero-order valence-electron chi connectivity index (χ0n) is 13.8. The van der Waals surface area contributed by atoms with Crippen LogP contribution < -0.4 is 10.6 Å². The summed E-state index contributed by atoms with van der Waals surface area (Å²) in [6.07, 6.45) is 3.08. The molecule has 1 aromatic carbocycles. The van der Waals surface area contributed by atoms with Crippen LogP contribution in [0, 0.1) is 13.8 Å². The molecule has 8 heteroatoms. The van der Waals surface area contributed by atoms with E-state index in [2.05, 4.69) is 40.5 Å². The van der Waals surface area contributed by atoms with Gasteiger partial charge in [-0.15, -0.1) is 0 Å². The van der Waals surface area contributed by atoms with Gasteiger partial charge in [0.2, 0.25) is 5.95 Å². The van der Waals surface area contributed by atoms with Crippen LogP contribution in [0.1, 0.15) is 11.4 Å². The molecule has 4 rings (SSSR count). The summed E-state index contributed by atoms with van der Waals surface area (Å²) in [6, 6.07) is 9.75. The Kier molecular flexibility index (Phi) is 3.70. The van der Waals surface area contributed by atoms with Crippen LogP contribution >= 0.6 is 0 Å². The minimum absolute atomic E-state index is 0.591. The van der Waals surface area contributed by atoms with Gasteiger partial charge >= 0.3 is 0 Å². The van der Waals surface area contributed by atoms with Crippen molar-refractivity contribution in [2.45, 2.75) is 13.8 Å². The summed E-state index contributed by atoms with van der Waals surface area (Å²) in [7, 11) is 0. The molecule has 0 fully saturated rings. The van der Waals surface area contributed by atoms with Crippen molar-refractivity contribution in [1.29, 1.82) is 0 Å². The Hall–Kier alpha value is -3.55. The summed E-state index contributed by atoms with van der Waals surface area (Å²) in [5.74, 6) is 1.27. The highest BCUT2D eigenvalue weighted by Crippen LogP contribution is 2.22. The summed E-state index contributed by atoms with van der Waals surface area (Å²) in [6.45, 7) is 3.90. The lowest BCUT2D eigenvalue weighted by Gasteiger charge is -2.09. The van der Waals surface area contributed by atoms with E-state index in [1.54, 1.807) is 6.33 Å². The molecule has 0 aliphatic rings. The quantitative estimate of drug-likeness (QED) is 0.527. The fourth-order valence-electron chi connectivity index (χ4n) is 2.54. The number of fused-ring (bicyclic) bond motifs is 1. The molecule has 0 radical (unpaired) electrons. The third-order valence-electron chi connectivity index (χ3n) is 3.61. The Bertz CT molecular complexity index is 1000. The fraction of sp³-hybridized carbons (Fsp3) is 0.118. The highest BCUT2D eigenvalue weighted by atomic mass is 15.1. The van der Waals surface area contributed by atoms with Crippen LogP contribution in [0.3, 0.4) is 0 Å². The standard InChI is InChI=1S/C17H16N8/c1-10-7-11(2)23-17(22-10)25-13-5-3-12(4-6-13)24-16-14-15(19-8-18-14)20-9-21-16/h3-9H,1-2H3,(H,22,23,25)(H2,18,19,20,21,24). The SMILES string of the molecule is Cc1cc(C)nc(Nc2ccc(Nc3ncnc4nc[nH]c34)cc2)n1. The van der Waals surface area contributed by atoms with Gasteiger partial charge < -0.3 is 15.6 Å². The minimum atomic E-state index is 0.591. The molecule has 0 aliphatic carbocycles. The number of H-pyrrole nitrogens is 1. The van der Waals surface area contributed by atoms with E-state index in [9.17, 15) is 0 Å². The molecule has 3 aromatic heterocycles. The van der Waals surface area contributed by atoms with E-state index < -0.39 is 0 Å². The van der Waals surface area contributed by atoms with Gasteiger partial charge in [0.05, 0.1) is 6.33 Å². The van der Waals surface area contributed by atoms with Gasteiger partial charge in [0.15, 0.2) is 11.5 Å². The highest BCUT2D eigenvalue weighted by molar-refractivity contribution is 5.84. The van der Waals surface area contributed by atoms with Crippen LogP contribution in [0.5, 0.6) is 0 Å². The molecule has 0 atom stereocenters. The van der Waals surface area contributed by atoms with Crippen molar-refractivity contribution >= 4 is 34.3 Å². The zero-order chi connectivity index (χ0) is 17.2. The largest absolute Gasteiger partial charge is 0.340 e. The monoisotopic (exact) mass is 332 g/mol. The van der Waals surface area contributed by atoms with E-state index >= 15 is 0 Å². The molecular formula is C17H16N8. The first-order chi connectivity index (χ1) is 12.2. The maximum Gasteiger partial charge on any atom is 0.227 e. The Morgan fingerprint density at radius 3 is 2.24 bits per heavy atom. The van der Waals surface area contributed by atoms with Gasteiger partial charge in [-0.1, -0.05) is 0 Å². The Labute approximate surface area is 143 Å². The van der Waals surface area contributed by atoms with Crippen molar-refractivity contribution in [3.05, 3.63) is 54.4 Å². The first-order valence-corrected chi connectivity index (χ1v) is 7.78. The molecule has 3 N–H and O–H groups in total. The van der Waals surface area contributed by atoms with E-state index in [0.717, 1.165) is 28.3 Å². The lowest BCUT2D eigenvalue weighted by atomic mass is 10.2. The molecule has 0 amide bonds. The highest BCUT2D eigenvalue weighted by Gasteiger charge is 2.06. The lowest BCUT2D eigenvalue weighted by molar-refractivity contribution is 1.06. The smallest absolute Gasteiger partial charge is 0.227 e. The first kappa shape index (κ1) is 15.0. The number of hydrogen-bond donors (Lipinski definition) is 3. The first-order valence-electron chi connectivity index (χ1n) is 7.78. The predicted octanol–water partition coefficient (Wildman–Crippen LogP) is 3.25. The van der Waals surface area contributed by atoms with Gasteiger partial charge in [0.25, 0.3) is 0 Å². The molecule has 0 saturated heterocycles. The van der Waals surface area contributed by atoms with Crippen molar-refractivity contribution in [1.82, 2.24) is 29.9 Å². The maximum atomic E-state index is 4.38. The van der Waals surface area contributed by atoms with Crippen molar-refractivity contribution in [3.8, 4) is 0 Å². The van der Waals surface area contributed by atoms with E-state index in [1.807, 2.05) is 44.2 Å². The van der Waals surface area contributed by atoms with Crippen LogP contribution in [0.25, 0.3) is 11.2 Å². The van der Waals surface area contributed by atoms with Crippen LogP contribution in [-0.4, -0.2) is 29.9 Å². The number of hydrogen-bond acceptors (Lipinski definition) is 7. The van der Waals surface area contributed by atoms with Gasteiger partial charge in [0.1, 0.15) is 11.8 Å². The third-order valence-corrected chi connectivity index (χ3v) is 3.61. The van der Waals surface area contributed by atoms with E-state index in [-0.39, 0.29) is 0 Å². The van der Waals surface area contributed by atoms with Crippen LogP contribution in [0.4, 0.5) is 23.1 Å². The van der Waals surface area contributed by atoms with Gasteiger partial charge in [-0.2, -0.15) is 0 Å². The molecule has 4 aromatic rings. The average Bonchev–Trinajstić information content (AvgIpc) is 3.05. The second-order valence-corrected chi connectivity index (χ2v) is 5.63. The summed E-state index contributed by atoms with van der Waals surface area (Å²) in [5.41, 5.74) is 5.07. The molecule has 0 spiro atoms. The Morgan fingerprint density at radius 1 is 0.840 bits per heavy atom. The molecule has 8 nitrogen and oxygen atoms in total. The number of benzene rings is 1. The fourth-order valence-corrected chi connectivity index (χ4v) is 2.54. The van der Waals surface area contributed by atoms with Gasteiger partial charge in [0, 0.05) is 22.8 Å². The number of anilines is 4. The molecule has 124 valence electrons. The van der Waals surface area contributed by atoms with Crippen molar-refractivity contribution < 1.29 is 0 Å². The van der Waals surface area contributed by atoms with Gasteiger partial charge in [-0.05, 0) is 44.2 Å². The zero-order valence-corrected chi connectivity index (χ0v) is 13.8. The topological polar surface area (TPSA) is 104 Å². The predicted molar refractivity (Wildman–Crippen MR) is 96.2 cm³/mol. The molecule has 0 saturated carbocycles. The second-order valence-electron chi connectivity index (χ2n) is 5.63. The molecular weight excluding hydrogens is 316 g/mol. The van der Waals surface area contributed by atoms with Crippen molar-refractivity contribution in [3.63, 3.8) is 0 Å². The number of imidazole rings is 1. The van der Waals surface area contributed by atoms with Gasteiger partial charge in [-0.25, -0.2) is 24.9 Å². The summed E-state index contributed by atoms with van der Waals surface area (Å²) >= 11 is 0. The number of nitrogens with zero attached hydrogens (tertiary/aromatic N) is 5. The molecule has 0 bridgehead atoms. The molecule has 25 heavy (non-hydrogen) atoms. The van der Waals surface area contributed by atoms with Gasteiger partial charge in [-0.3, -0.25) is 0 Å². The maximum absolute atomic E-state index is 4.38. The normalized spacial score (nSPS) is 10.8. The van der Waals surface area contributed by atoms with E-state index in [0.29, 0.717) is 17.4 Å². The average molecular weight is 332 g/mol. The Balaban J connectivity index is 1.53. The van der Waals surface area contributed by atoms with E-state index in [1.165, 1.54) is 6.33 Å². The summed E-state index contributed by atoms with van der Waals surface area (Å²) in [5, 5.41) is 6.47. The minimum Gasteiger partial charge on any atom is -0.340 e. The van der Waals surface area contributed by atoms with Crippen molar-refractivity contribution in [2.75, 3.05) is 10.6 Å². The van der Waals surface area contributed by atoms with Crippen LogP contribution in [0.2, 0.25) is 0 Å². The Morgan fingerprint density at radius 2 is 1.52 bits per heavy atom. The van der Waals surface area contributed by atoms with E-state index in [4.69, 9.17) is 0 Å². The lowest BCUT2D eigenvalue weighted by Crippen LogP contribution is -2.00. The third kappa shape index (κ3) is 3.23. The molecule has 0 unspecified atom stereocenters. The number of aryl methyl sites for hydroxylation is 2. The van der Waals surface area contributed by atoms with Crippen molar-refractivity contribution in [2.24, 2.45) is 0 Å². The summed E-state index contributed by atoms with van der Waals surface area (Å²) in [4.78, 5) is 24.3. The number of aromatic amines is 1. The second kappa shape index (κ2) is 6.16.